The summed E-state index contributed by atoms with van der Waals surface area (Å²) in [5, 5.41) is 3.04. The van der Waals surface area contributed by atoms with Gasteiger partial charge in [-0.2, -0.15) is 0 Å². The summed E-state index contributed by atoms with van der Waals surface area (Å²) in [5.41, 5.74) is 15.3. The normalized spacial score (nSPS) is 10.7. The van der Waals surface area contributed by atoms with Gasteiger partial charge in [0.25, 0.3) is 0 Å². The first-order valence-electron chi connectivity index (χ1n) is 16.4. The molecule has 5 aromatic carbocycles. The molecule has 5 rings (SSSR count). The van der Waals surface area contributed by atoms with E-state index in [0.29, 0.717) is 12.1 Å². The standard InChI is InChI=1S/C42H41N3O5/c1-27-20-30(14-17-35(27)42(49)50-4)37-18-16-32(21-33(37)24-40(47)44-26-28-10-6-5-7-11-28)38-19-15-31(22-34(38)25-41(48)45(2)3)36-13-9-8-12-29(36)23-39(43)46/h5-22H,23-26H2,1-4H3,(H2,43,46)(H,44,47). The summed E-state index contributed by atoms with van der Waals surface area (Å²) >= 11 is 0. The number of nitrogens with two attached hydrogens (primary N) is 1. The molecule has 0 unspecified atom stereocenters. The Labute approximate surface area is 292 Å². The van der Waals surface area contributed by atoms with E-state index < -0.39 is 11.9 Å². The van der Waals surface area contributed by atoms with Crippen molar-refractivity contribution in [1.29, 1.82) is 0 Å². The molecule has 0 bridgehead atoms. The summed E-state index contributed by atoms with van der Waals surface area (Å²) in [4.78, 5) is 52.2. The van der Waals surface area contributed by atoms with Gasteiger partial charge in [-0.1, -0.05) is 103 Å². The van der Waals surface area contributed by atoms with Crippen molar-refractivity contribution in [2.45, 2.75) is 32.7 Å². The van der Waals surface area contributed by atoms with E-state index in [2.05, 4.69) is 5.32 Å². The Morgan fingerprint density at radius 1 is 0.660 bits per heavy atom. The van der Waals surface area contributed by atoms with Crippen LogP contribution in [0.2, 0.25) is 0 Å². The number of hydrogen-bond donors (Lipinski definition) is 2. The predicted molar refractivity (Wildman–Crippen MR) is 196 cm³/mol. The van der Waals surface area contributed by atoms with Gasteiger partial charge in [0, 0.05) is 20.6 Å². The van der Waals surface area contributed by atoms with E-state index in [1.165, 1.54) is 7.11 Å². The van der Waals surface area contributed by atoms with E-state index >= 15 is 0 Å². The van der Waals surface area contributed by atoms with Crippen molar-refractivity contribution in [3.8, 4) is 33.4 Å². The van der Waals surface area contributed by atoms with Crippen molar-refractivity contribution >= 4 is 23.7 Å². The molecule has 0 radical (unpaired) electrons. The molecule has 3 N–H and O–H groups in total. The fourth-order valence-electron chi connectivity index (χ4n) is 6.05. The van der Waals surface area contributed by atoms with E-state index in [9.17, 15) is 19.2 Å². The topological polar surface area (TPSA) is 119 Å². The number of ether oxygens (including phenoxy) is 1. The van der Waals surface area contributed by atoms with Crippen LogP contribution in [0.15, 0.2) is 109 Å². The Morgan fingerprint density at radius 2 is 1.22 bits per heavy atom. The van der Waals surface area contributed by atoms with Gasteiger partial charge >= 0.3 is 5.97 Å². The van der Waals surface area contributed by atoms with E-state index in [1.54, 1.807) is 25.1 Å². The maximum Gasteiger partial charge on any atom is 0.338 e. The van der Waals surface area contributed by atoms with Gasteiger partial charge < -0.3 is 20.7 Å². The Hall–Kier alpha value is -6.02. The zero-order valence-electron chi connectivity index (χ0n) is 28.8. The Kier molecular flexibility index (Phi) is 11.2. The van der Waals surface area contributed by atoms with Crippen LogP contribution in [0.3, 0.4) is 0 Å². The number of amides is 3. The number of benzene rings is 5. The molecule has 0 aliphatic heterocycles. The highest BCUT2D eigenvalue weighted by atomic mass is 16.5. The molecule has 0 aliphatic rings. The third kappa shape index (κ3) is 8.52. The lowest BCUT2D eigenvalue weighted by Gasteiger charge is -2.18. The molecule has 0 aliphatic carbocycles. The molecule has 254 valence electrons. The molecule has 0 fully saturated rings. The quantitative estimate of drug-likeness (QED) is 0.152. The molecule has 0 saturated carbocycles. The smallest absolute Gasteiger partial charge is 0.338 e. The second-order valence-electron chi connectivity index (χ2n) is 12.5. The van der Waals surface area contributed by atoms with Gasteiger partial charge in [-0.05, 0) is 74.2 Å². The molecule has 8 nitrogen and oxygen atoms in total. The average molecular weight is 668 g/mol. The number of methoxy groups -OCH3 is 1. The lowest BCUT2D eigenvalue weighted by molar-refractivity contribution is -0.128. The fraction of sp³-hybridized carbons (Fsp3) is 0.190. The number of aryl methyl sites for hydroxylation is 1. The molecule has 3 amide bonds. The van der Waals surface area contributed by atoms with Crippen LogP contribution >= 0.6 is 0 Å². The van der Waals surface area contributed by atoms with Crippen LogP contribution in [0.25, 0.3) is 33.4 Å². The van der Waals surface area contributed by atoms with Crippen molar-refractivity contribution < 1.29 is 23.9 Å². The van der Waals surface area contributed by atoms with Crippen LogP contribution in [-0.4, -0.2) is 49.8 Å². The largest absolute Gasteiger partial charge is 0.465 e. The minimum Gasteiger partial charge on any atom is -0.465 e. The molecule has 8 heteroatoms. The van der Waals surface area contributed by atoms with E-state index in [-0.39, 0.29) is 31.1 Å². The van der Waals surface area contributed by atoms with Crippen molar-refractivity contribution in [3.05, 3.63) is 143 Å². The molecule has 0 atom stereocenters. The number of esters is 1. The van der Waals surface area contributed by atoms with E-state index in [4.69, 9.17) is 10.5 Å². The second-order valence-corrected chi connectivity index (χ2v) is 12.5. The molecule has 0 saturated heterocycles. The van der Waals surface area contributed by atoms with Gasteiger partial charge in [0.05, 0.1) is 31.9 Å². The third-order valence-electron chi connectivity index (χ3n) is 8.68. The van der Waals surface area contributed by atoms with Gasteiger partial charge in [-0.3, -0.25) is 14.4 Å². The number of carbonyl (C=O) groups is 4. The highest BCUT2D eigenvalue weighted by Gasteiger charge is 2.18. The summed E-state index contributed by atoms with van der Waals surface area (Å²) in [7, 11) is 4.80. The number of primary amides is 1. The second kappa shape index (κ2) is 15.9. The summed E-state index contributed by atoms with van der Waals surface area (Å²) in [6.45, 7) is 2.25. The highest BCUT2D eigenvalue weighted by molar-refractivity contribution is 5.92. The maximum atomic E-state index is 13.4. The first kappa shape index (κ1) is 35.3. The molecule has 0 heterocycles. The summed E-state index contributed by atoms with van der Waals surface area (Å²) in [6.07, 6.45) is 0.358. The average Bonchev–Trinajstić information content (AvgIpc) is 3.10. The fourth-order valence-corrected chi connectivity index (χ4v) is 6.05. The van der Waals surface area contributed by atoms with Gasteiger partial charge in [-0.25, -0.2) is 4.79 Å². The molecule has 0 spiro atoms. The lowest BCUT2D eigenvalue weighted by atomic mass is 9.88. The Bertz CT molecular complexity index is 2050. The van der Waals surface area contributed by atoms with Crippen molar-refractivity contribution in [3.63, 3.8) is 0 Å². The zero-order valence-corrected chi connectivity index (χ0v) is 28.8. The Morgan fingerprint density at radius 3 is 1.82 bits per heavy atom. The van der Waals surface area contributed by atoms with Crippen LogP contribution in [0.4, 0.5) is 0 Å². The van der Waals surface area contributed by atoms with Crippen LogP contribution in [-0.2, 0) is 44.9 Å². The molecule has 0 aromatic heterocycles. The van der Waals surface area contributed by atoms with Gasteiger partial charge in [0.2, 0.25) is 17.7 Å². The first-order valence-corrected chi connectivity index (χ1v) is 16.4. The number of nitrogens with zero attached hydrogens (tertiary/aromatic N) is 1. The molecule has 5 aromatic rings. The predicted octanol–water partition coefficient (Wildman–Crippen LogP) is 6.30. The number of carbonyl (C=O) groups excluding carboxylic acids is 4. The first-order chi connectivity index (χ1) is 24.0. The van der Waals surface area contributed by atoms with Gasteiger partial charge in [0.15, 0.2) is 0 Å². The lowest BCUT2D eigenvalue weighted by Crippen LogP contribution is -2.24. The van der Waals surface area contributed by atoms with Crippen molar-refractivity contribution in [1.82, 2.24) is 10.2 Å². The van der Waals surface area contributed by atoms with Gasteiger partial charge in [0.1, 0.15) is 0 Å². The molecular formula is C42H41N3O5. The maximum absolute atomic E-state index is 13.4. The van der Waals surface area contributed by atoms with Crippen LogP contribution in [0.5, 0.6) is 0 Å². The SMILES string of the molecule is COC(=O)c1ccc(-c2ccc(-c3ccc(-c4ccccc4CC(N)=O)cc3CC(=O)N(C)C)cc2CC(=O)NCc2ccccc2)cc1C. The van der Waals surface area contributed by atoms with Crippen LogP contribution < -0.4 is 11.1 Å². The van der Waals surface area contributed by atoms with Crippen LogP contribution in [0.1, 0.15) is 38.2 Å². The summed E-state index contributed by atoms with van der Waals surface area (Å²) in [5.74, 6) is -1.04. The Balaban J connectivity index is 1.59. The summed E-state index contributed by atoms with van der Waals surface area (Å²) in [6, 6.07) is 34.8. The van der Waals surface area contributed by atoms with E-state index in [1.807, 2.05) is 110 Å². The van der Waals surface area contributed by atoms with Crippen molar-refractivity contribution in [2.24, 2.45) is 5.73 Å². The zero-order chi connectivity index (χ0) is 35.8. The monoisotopic (exact) mass is 667 g/mol. The van der Waals surface area contributed by atoms with Crippen molar-refractivity contribution in [2.75, 3.05) is 21.2 Å². The third-order valence-corrected chi connectivity index (χ3v) is 8.68. The van der Waals surface area contributed by atoms with Gasteiger partial charge in [-0.15, -0.1) is 0 Å². The van der Waals surface area contributed by atoms with E-state index in [0.717, 1.165) is 61.2 Å². The minimum atomic E-state index is -0.423. The number of likely N-dealkylation sites (N-methyl/N-ethyl adjacent to an activating group) is 1. The molecular weight excluding hydrogens is 626 g/mol. The summed E-state index contributed by atoms with van der Waals surface area (Å²) < 4.78 is 4.94. The molecule has 50 heavy (non-hydrogen) atoms. The minimum absolute atomic E-state index is 0.0628. The van der Waals surface area contributed by atoms with Crippen LogP contribution in [0, 0.1) is 6.92 Å². The number of nitrogens with one attached hydrogen (secondary N) is 1. The number of hydrogen-bond acceptors (Lipinski definition) is 5. The highest BCUT2D eigenvalue weighted by Crippen LogP contribution is 2.35. The number of rotatable bonds is 12.